The van der Waals surface area contributed by atoms with Crippen molar-refractivity contribution in [1.29, 1.82) is 0 Å². The van der Waals surface area contributed by atoms with E-state index in [0.717, 1.165) is 12.8 Å². The molecule has 7 heteroatoms. The van der Waals surface area contributed by atoms with E-state index in [9.17, 15) is 4.79 Å². The molecule has 7 nitrogen and oxygen atoms in total. The van der Waals surface area contributed by atoms with Crippen LogP contribution in [0.25, 0.3) is 0 Å². The van der Waals surface area contributed by atoms with Gasteiger partial charge in [-0.2, -0.15) is 0 Å². The Bertz CT molecular complexity index is 505. The summed E-state index contributed by atoms with van der Waals surface area (Å²) in [5, 5.41) is 0. The first-order chi connectivity index (χ1) is 10.3. The quantitative estimate of drug-likeness (QED) is 0.805. The van der Waals surface area contributed by atoms with Crippen molar-refractivity contribution in [2.75, 3.05) is 33.4 Å². The van der Waals surface area contributed by atoms with Crippen LogP contribution < -0.4 is 9.47 Å². The van der Waals surface area contributed by atoms with Crippen LogP contribution in [-0.2, 0) is 9.53 Å². The molecule has 0 bridgehead atoms. The third-order valence-electron chi connectivity index (χ3n) is 3.84. The minimum atomic E-state index is -0.0677. The van der Waals surface area contributed by atoms with Gasteiger partial charge in [0.2, 0.25) is 5.91 Å². The van der Waals surface area contributed by atoms with Crippen LogP contribution in [0.2, 0.25) is 0 Å². The average Bonchev–Trinajstić information content (AvgIpc) is 3.19. The zero-order chi connectivity index (χ0) is 14.7. The van der Waals surface area contributed by atoms with Gasteiger partial charge < -0.3 is 19.1 Å². The first-order valence-corrected chi connectivity index (χ1v) is 7.16. The lowest BCUT2D eigenvalue weighted by atomic mass is 10.1. The van der Waals surface area contributed by atoms with Crippen LogP contribution in [0.15, 0.2) is 12.4 Å². The molecule has 0 spiro atoms. The number of rotatable bonds is 4. The van der Waals surface area contributed by atoms with Crippen molar-refractivity contribution in [3.05, 3.63) is 12.4 Å². The minimum Gasteiger partial charge on any atom is -0.477 e. The number of amides is 1. The normalized spacial score (nSPS) is 25.1. The SMILES string of the molecule is COc1nccnc1O[C@@H]1CCN(C(=O)[C@@H]2CCOC2)C1. The van der Waals surface area contributed by atoms with Crippen LogP contribution >= 0.6 is 0 Å². The number of methoxy groups -OCH3 is 1. The monoisotopic (exact) mass is 293 g/mol. The second-order valence-corrected chi connectivity index (χ2v) is 5.24. The summed E-state index contributed by atoms with van der Waals surface area (Å²) < 4.78 is 16.2. The Labute approximate surface area is 123 Å². The number of carbonyl (C=O) groups is 1. The van der Waals surface area contributed by atoms with Crippen molar-refractivity contribution in [3.8, 4) is 11.8 Å². The molecule has 1 aromatic heterocycles. The summed E-state index contributed by atoms with van der Waals surface area (Å²) >= 11 is 0. The van der Waals surface area contributed by atoms with Crippen molar-refractivity contribution in [1.82, 2.24) is 14.9 Å². The van der Waals surface area contributed by atoms with E-state index in [0.29, 0.717) is 38.1 Å². The summed E-state index contributed by atoms with van der Waals surface area (Å²) in [5.41, 5.74) is 0. The van der Waals surface area contributed by atoms with E-state index in [4.69, 9.17) is 14.2 Å². The number of hydrogen-bond donors (Lipinski definition) is 0. The Morgan fingerprint density at radius 1 is 1.33 bits per heavy atom. The van der Waals surface area contributed by atoms with E-state index >= 15 is 0 Å². The molecule has 2 aliphatic rings. The predicted octanol–water partition coefficient (Wildman–Crippen LogP) is 0.501. The molecule has 2 saturated heterocycles. The van der Waals surface area contributed by atoms with Crippen LogP contribution in [0.5, 0.6) is 11.8 Å². The molecule has 0 N–H and O–H groups in total. The fraction of sp³-hybridized carbons (Fsp3) is 0.643. The van der Waals surface area contributed by atoms with Gasteiger partial charge in [0.15, 0.2) is 0 Å². The third kappa shape index (κ3) is 3.07. The molecule has 0 unspecified atom stereocenters. The molecule has 2 fully saturated rings. The smallest absolute Gasteiger partial charge is 0.278 e. The molecule has 0 radical (unpaired) electrons. The first kappa shape index (κ1) is 14.1. The molecule has 2 atom stereocenters. The number of likely N-dealkylation sites (tertiary alicyclic amines) is 1. The molecule has 1 amide bonds. The number of carbonyl (C=O) groups excluding carboxylic acids is 1. The molecular formula is C14H19N3O4. The number of ether oxygens (including phenoxy) is 3. The van der Waals surface area contributed by atoms with Crippen molar-refractivity contribution in [3.63, 3.8) is 0 Å². The fourth-order valence-electron chi connectivity index (χ4n) is 2.70. The van der Waals surface area contributed by atoms with Crippen LogP contribution in [0.1, 0.15) is 12.8 Å². The van der Waals surface area contributed by atoms with E-state index in [1.807, 2.05) is 4.90 Å². The van der Waals surface area contributed by atoms with Crippen molar-refractivity contribution in [2.24, 2.45) is 5.92 Å². The van der Waals surface area contributed by atoms with Gasteiger partial charge in [-0.25, -0.2) is 9.97 Å². The second kappa shape index (κ2) is 6.26. The fourth-order valence-corrected chi connectivity index (χ4v) is 2.70. The molecule has 1 aromatic rings. The van der Waals surface area contributed by atoms with E-state index in [1.54, 1.807) is 12.4 Å². The maximum Gasteiger partial charge on any atom is 0.278 e. The van der Waals surface area contributed by atoms with Gasteiger partial charge in [0.1, 0.15) is 6.10 Å². The van der Waals surface area contributed by atoms with Crippen molar-refractivity contribution in [2.45, 2.75) is 18.9 Å². The largest absolute Gasteiger partial charge is 0.477 e. The lowest BCUT2D eigenvalue weighted by Crippen LogP contribution is -2.36. The lowest BCUT2D eigenvalue weighted by Gasteiger charge is -2.20. The highest BCUT2D eigenvalue weighted by atomic mass is 16.5. The molecule has 0 aliphatic carbocycles. The van der Waals surface area contributed by atoms with Crippen molar-refractivity contribution < 1.29 is 19.0 Å². The van der Waals surface area contributed by atoms with Gasteiger partial charge in [0.25, 0.3) is 11.8 Å². The van der Waals surface area contributed by atoms with Gasteiger partial charge in [0.05, 0.1) is 26.2 Å². The third-order valence-corrected chi connectivity index (χ3v) is 3.84. The van der Waals surface area contributed by atoms with Crippen LogP contribution in [0.4, 0.5) is 0 Å². The van der Waals surface area contributed by atoms with E-state index in [1.165, 1.54) is 7.11 Å². The number of nitrogens with zero attached hydrogens (tertiary/aromatic N) is 3. The molecule has 3 heterocycles. The Morgan fingerprint density at radius 2 is 2.14 bits per heavy atom. The Kier molecular flexibility index (Phi) is 4.19. The first-order valence-electron chi connectivity index (χ1n) is 7.16. The predicted molar refractivity (Wildman–Crippen MR) is 73.1 cm³/mol. The standard InChI is InChI=1S/C14H19N3O4/c1-19-12-13(16-5-4-15-12)21-11-2-6-17(8-11)14(18)10-3-7-20-9-10/h4-5,10-11H,2-3,6-9H2,1H3/t10-,11-/m1/s1. The van der Waals surface area contributed by atoms with Gasteiger partial charge in [-0.05, 0) is 6.42 Å². The van der Waals surface area contributed by atoms with E-state index in [-0.39, 0.29) is 17.9 Å². The van der Waals surface area contributed by atoms with Gasteiger partial charge in [-0.3, -0.25) is 4.79 Å². The van der Waals surface area contributed by atoms with Crippen LogP contribution in [0.3, 0.4) is 0 Å². The summed E-state index contributed by atoms with van der Waals surface area (Å²) in [6, 6.07) is 0. The van der Waals surface area contributed by atoms with E-state index < -0.39 is 0 Å². The molecule has 0 saturated carbocycles. The summed E-state index contributed by atoms with van der Waals surface area (Å²) in [7, 11) is 1.53. The molecular weight excluding hydrogens is 274 g/mol. The number of aromatic nitrogens is 2. The lowest BCUT2D eigenvalue weighted by molar-refractivity contribution is -0.134. The zero-order valence-electron chi connectivity index (χ0n) is 12.0. The Balaban J connectivity index is 1.58. The van der Waals surface area contributed by atoms with Crippen molar-refractivity contribution >= 4 is 5.91 Å². The highest BCUT2D eigenvalue weighted by Gasteiger charge is 2.34. The average molecular weight is 293 g/mol. The zero-order valence-corrected chi connectivity index (χ0v) is 12.0. The Hall–Kier alpha value is -1.89. The van der Waals surface area contributed by atoms with Crippen LogP contribution in [0, 0.1) is 5.92 Å². The summed E-state index contributed by atoms with van der Waals surface area (Å²) in [5.74, 6) is 0.925. The van der Waals surface area contributed by atoms with Gasteiger partial charge in [-0.1, -0.05) is 0 Å². The number of hydrogen-bond acceptors (Lipinski definition) is 6. The molecule has 2 aliphatic heterocycles. The van der Waals surface area contributed by atoms with Gasteiger partial charge >= 0.3 is 0 Å². The highest BCUT2D eigenvalue weighted by Crippen LogP contribution is 2.25. The summed E-state index contributed by atoms with van der Waals surface area (Å²) in [6.45, 7) is 2.51. The topological polar surface area (TPSA) is 73.8 Å². The summed E-state index contributed by atoms with van der Waals surface area (Å²) in [6.07, 6.45) is 4.65. The Morgan fingerprint density at radius 3 is 2.86 bits per heavy atom. The van der Waals surface area contributed by atoms with Gasteiger partial charge in [0, 0.05) is 32.0 Å². The van der Waals surface area contributed by atoms with E-state index in [2.05, 4.69) is 9.97 Å². The second-order valence-electron chi connectivity index (χ2n) is 5.24. The van der Waals surface area contributed by atoms with Gasteiger partial charge in [-0.15, -0.1) is 0 Å². The minimum absolute atomic E-state index is 0.00908. The summed E-state index contributed by atoms with van der Waals surface area (Å²) in [4.78, 5) is 22.3. The molecule has 21 heavy (non-hydrogen) atoms. The molecule has 0 aromatic carbocycles. The molecule has 3 rings (SSSR count). The maximum atomic E-state index is 12.3. The maximum absolute atomic E-state index is 12.3. The molecule has 114 valence electrons. The highest BCUT2D eigenvalue weighted by molar-refractivity contribution is 5.79. The van der Waals surface area contributed by atoms with Crippen LogP contribution in [-0.4, -0.2) is 60.3 Å².